The Morgan fingerprint density at radius 3 is 2.28 bits per heavy atom. The number of benzene rings is 2. The summed E-state index contributed by atoms with van der Waals surface area (Å²) in [5, 5.41) is 0.0210. The molecule has 9 heteroatoms. The van der Waals surface area contributed by atoms with E-state index in [0.717, 1.165) is 30.3 Å². The second-order valence-corrected chi connectivity index (χ2v) is 5.40. The minimum absolute atomic E-state index is 0.0210. The monoisotopic (exact) mass is 369 g/mol. The van der Waals surface area contributed by atoms with Crippen molar-refractivity contribution in [2.45, 2.75) is 6.18 Å². The third-order valence-electron chi connectivity index (χ3n) is 3.32. The van der Waals surface area contributed by atoms with E-state index in [9.17, 15) is 22.4 Å². The highest BCUT2D eigenvalue weighted by atomic mass is 35.5. The first kappa shape index (κ1) is 17.1. The Kier molecular flexibility index (Phi) is 4.30. The number of H-pyrrole nitrogens is 1. The van der Waals surface area contributed by atoms with E-state index in [0.29, 0.717) is 0 Å². The maximum Gasteiger partial charge on any atom is 0.416 e. The lowest BCUT2D eigenvalue weighted by Crippen LogP contribution is -2.15. The van der Waals surface area contributed by atoms with Gasteiger partial charge in [0.05, 0.1) is 16.1 Å². The second kappa shape index (κ2) is 6.29. The molecule has 0 aliphatic heterocycles. The Bertz CT molecular complexity index is 964. The minimum atomic E-state index is -4.49. The number of hydrogen-bond donors (Lipinski definition) is 1. The van der Waals surface area contributed by atoms with Gasteiger partial charge in [-0.3, -0.25) is 4.98 Å². The molecule has 0 saturated carbocycles. The number of hydrogen-bond acceptors (Lipinski definition) is 3. The van der Waals surface area contributed by atoms with Crippen LogP contribution in [-0.4, -0.2) is 15.0 Å². The molecule has 0 saturated heterocycles. The van der Waals surface area contributed by atoms with Gasteiger partial charge in [0.15, 0.2) is 5.82 Å². The normalized spacial score (nSPS) is 11.6. The van der Waals surface area contributed by atoms with Crippen molar-refractivity contribution in [3.63, 3.8) is 0 Å². The van der Waals surface area contributed by atoms with Crippen molar-refractivity contribution in [1.82, 2.24) is 15.0 Å². The number of aromatic amines is 1. The molecule has 0 radical (unpaired) electrons. The molecule has 1 heterocycles. The Morgan fingerprint density at radius 1 is 1.00 bits per heavy atom. The van der Waals surface area contributed by atoms with E-state index in [1.807, 2.05) is 0 Å². The Labute approximate surface area is 143 Å². The second-order valence-electron chi connectivity index (χ2n) is 5.00. The lowest BCUT2D eigenvalue weighted by atomic mass is 10.1. The van der Waals surface area contributed by atoms with Crippen molar-refractivity contribution in [2.75, 3.05) is 0 Å². The Hall–Kier alpha value is -2.74. The number of aromatic nitrogens is 3. The standard InChI is InChI=1S/C16H8ClF4N3O/c17-10-2-1-3-11(18)12(10)14-22-13(23-15(25)24-14)8-4-6-9(7-5-8)16(19,20)21/h1-7H,(H,22,23,24,25). The number of nitrogens with one attached hydrogen (secondary N) is 1. The van der Waals surface area contributed by atoms with Crippen molar-refractivity contribution in [3.8, 4) is 22.8 Å². The fourth-order valence-electron chi connectivity index (χ4n) is 2.16. The van der Waals surface area contributed by atoms with Crippen molar-refractivity contribution < 1.29 is 17.6 Å². The van der Waals surface area contributed by atoms with Crippen molar-refractivity contribution in [1.29, 1.82) is 0 Å². The summed E-state index contributed by atoms with van der Waals surface area (Å²) >= 11 is 5.94. The van der Waals surface area contributed by atoms with Gasteiger partial charge < -0.3 is 0 Å². The van der Waals surface area contributed by atoms with Gasteiger partial charge in [-0.05, 0) is 24.3 Å². The van der Waals surface area contributed by atoms with Crippen LogP contribution in [0.5, 0.6) is 0 Å². The van der Waals surface area contributed by atoms with Gasteiger partial charge in [-0.15, -0.1) is 0 Å². The number of halogens is 5. The highest BCUT2D eigenvalue weighted by Crippen LogP contribution is 2.31. The maximum atomic E-state index is 14.0. The van der Waals surface area contributed by atoms with Crippen LogP contribution in [0.2, 0.25) is 5.02 Å². The van der Waals surface area contributed by atoms with E-state index in [1.165, 1.54) is 12.1 Å². The van der Waals surface area contributed by atoms with Crippen LogP contribution in [0.15, 0.2) is 47.3 Å². The average molecular weight is 370 g/mol. The van der Waals surface area contributed by atoms with Crippen LogP contribution in [-0.2, 0) is 6.18 Å². The summed E-state index contributed by atoms with van der Waals surface area (Å²) in [6.07, 6.45) is -4.49. The Balaban J connectivity index is 2.10. The van der Waals surface area contributed by atoms with E-state index in [1.54, 1.807) is 0 Å². The fourth-order valence-corrected chi connectivity index (χ4v) is 2.42. The van der Waals surface area contributed by atoms with E-state index in [4.69, 9.17) is 11.6 Å². The lowest BCUT2D eigenvalue weighted by Gasteiger charge is -2.08. The molecule has 1 aromatic heterocycles. The summed E-state index contributed by atoms with van der Waals surface area (Å²) in [5.41, 5.74) is -1.64. The van der Waals surface area contributed by atoms with Gasteiger partial charge in [0.2, 0.25) is 0 Å². The minimum Gasteiger partial charge on any atom is -0.290 e. The van der Waals surface area contributed by atoms with Gasteiger partial charge in [-0.25, -0.2) is 14.2 Å². The van der Waals surface area contributed by atoms with Gasteiger partial charge in [-0.1, -0.05) is 29.8 Å². The zero-order valence-corrected chi connectivity index (χ0v) is 13.0. The zero-order valence-electron chi connectivity index (χ0n) is 12.2. The summed E-state index contributed by atoms with van der Waals surface area (Å²) < 4.78 is 51.8. The molecule has 25 heavy (non-hydrogen) atoms. The first-order chi connectivity index (χ1) is 11.8. The lowest BCUT2D eigenvalue weighted by molar-refractivity contribution is -0.137. The van der Waals surface area contributed by atoms with Crippen LogP contribution in [0.25, 0.3) is 22.8 Å². The van der Waals surface area contributed by atoms with E-state index < -0.39 is 23.2 Å². The summed E-state index contributed by atoms with van der Waals surface area (Å²) in [5.74, 6) is -1.02. The molecule has 0 bridgehead atoms. The van der Waals surface area contributed by atoms with Gasteiger partial charge in [-0.2, -0.15) is 18.2 Å². The number of nitrogens with zero attached hydrogens (tertiary/aromatic N) is 2. The molecule has 0 amide bonds. The van der Waals surface area contributed by atoms with Crippen LogP contribution in [0, 0.1) is 5.82 Å². The van der Waals surface area contributed by atoms with Crippen LogP contribution in [0.3, 0.4) is 0 Å². The quantitative estimate of drug-likeness (QED) is 0.685. The summed E-state index contributed by atoms with van der Waals surface area (Å²) in [6.45, 7) is 0. The summed E-state index contributed by atoms with van der Waals surface area (Å²) in [6, 6.07) is 7.88. The fraction of sp³-hybridized carbons (Fsp3) is 0.0625. The molecule has 4 nitrogen and oxygen atoms in total. The largest absolute Gasteiger partial charge is 0.416 e. The molecule has 0 spiro atoms. The SMILES string of the molecule is O=c1nc(-c2ccc(C(F)(F)F)cc2)nc(-c2c(F)cccc2Cl)[nH]1. The molecule has 2 aromatic carbocycles. The highest BCUT2D eigenvalue weighted by Gasteiger charge is 2.30. The third kappa shape index (κ3) is 3.53. The predicted octanol–water partition coefficient (Wildman–Crippen LogP) is 4.31. The molecule has 0 aliphatic carbocycles. The number of alkyl halides is 3. The number of rotatable bonds is 2. The smallest absolute Gasteiger partial charge is 0.290 e. The molecule has 1 N–H and O–H groups in total. The van der Waals surface area contributed by atoms with E-state index in [2.05, 4.69) is 15.0 Å². The molecular formula is C16H8ClF4N3O. The first-order valence-corrected chi connectivity index (χ1v) is 7.24. The van der Waals surface area contributed by atoms with Crippen LogP contribution >= 0.6 is 11.6 Å². The van der Waals surface area contributed by atoms with Gasteiger partial charge in [0.25, 0.3) is 0 Å². The Morgan fingerprint density at radius 2 is 1.68 bits per heavy atom. The summed E-state index contributed by atoms with van der Waals surface area (Å²) in [7, 11) is 0. The molecule has 128 valence electrons. The van der Waals surface area contributed by atoms with Gasteiger partial charge in [0, 0.05) is 5.56 Å². The van der Waals surface area contributed by atoms with Crippen LogP contribution in [0.1, 0.15) is 5.56 Å². The molecule has 0 atom stereocenters. The molecule has 0 unspecified atom stereocenters. The van der Waals surface area contributed by atoms with E-state index in [-0.39, 0.29) is 27.8 Å². The average Bonchev–Trinajstić information content (AvgIpc) is 2.53. The molecule has 3 aromatic rings. The molecular weight excluding hydrogens is 362 g/mol. The zero-order chi connectivity index (χ0) is 18.2. The molecule has 0 fully saturated rings. The van der Waals surface area contributed by atoms with Gasteiger partial charge >= 0.3 is 11.9 Å². The molecule has 0 aliphatic rings. The molecule has 3 rings (SSSR count). The van der Waals surface area contributed by atoms with E-state index >= 15 is 0 Å². The third-order valence-corrected chi connectivity index (χ3v) is 3.64. The van der Waals surface area contributed by atoms with Crippen LogP contribution in [0.4, 0.5) is 17.6 Å². The van der Waals surface area contributed by atoms with Crippen molar-refractivity contribution >= 4 is 11.6 Å². The topological polar surface area (TPSA) is 58.6 Å². The van der Waals surface area contributed by atoms with Crippen molar-refractivity contribution in [3.05, 3.63) is 69.4 Å². The summed E-state index contributed by atoms with van der Waals surface area (Å²) in [4.78, 5) is 21.7. The van der Waals surface area contributed by atoms with Gasteiger partial charge in [0.1, 0.15) is 11.6 Å². The van der Waals surface area contributed by atoms with Crippen LogP contribution < -0.4 is 5.69 Å². The maximum absolute atomic E-state index is 14.0. The highest BCUT2D eigenvalue weighted by molar-refractivity contribution is 6.33. The van der Waals surface area contributed by atoms with Crippen molar-refractivity contribution in [2.24, 2.45) is 0 Å². The predicted molar refractivity (Wildman–Crippen MR) is 83.5 cm³/mol. The first-order valence-electron chi connectivity index (χ1n) is 6.86.